The lowest BCUT2D eigenvalue weighted by Crippen LogP contribution is -2.09. The van der Waals surface area contributed by atoms with Gasteiger partial charge in [-0.25, -0.2) is 0 Å². The fourth-order valence-corrected chi connectivity index (χ4v) is 2.65. The molecule has 0 fully saturated rings. The highest BCUT2D eigenvalue weighted by Gasteiger charge is 2.04. The largest absolute Gasteiger partial charge is 0.324 e. The minimum absolute atomic E-state index is 0.172. The molecule has 0 aromatic heterocycles. The molecule has 0 heterocycles. The second-order valence-electron chi connectivity index (χ2n) is 5.90. The fraction of sp³-hybridized carbons (Fsp3) is 0.684. The third kappa shape index (κ3) is 8.37. The molecule has 0 saturated heterocycles. The Hall–Kier alpha value is -0.820. The molecule has 0 bridgehead atoms. The lowest BCUT2D eigenvalue weighted by atomic mass is 10.00. The molecule has 0 aliphatic heterocycles. The van der Waals surface area contributed by atoms with Crippen molar-refractivity contribution in [1.29, 1.82) is 0 Å². The molecular weight excluding hydrogens is 242 g/mol. The Labute approximate surface area is 126 Å². The van der Waals surface area contributed by atoms with E-state index in [0.29, 0.717) is 0 Å². The van der Waals surface area contributed by atoms with Crippen LogP contribution in [0.25, 0.3) is 0 Å². The van der Waals surface area contributed by atoms with Gasteiger partial charge < -0.3 is 5.73 Å². The normalized spacial score (nSPS) is 12.5. The second-order valence-corrected chi connectivity index (χ2v) is 5.90. The van der Waals surface area contributed by atoms with Crippen LogP contribution in [0.15, 0.2) is 24.3 Å². The highest BCUT2D eigenvalue weighted by molar-refractivity contribution is 5.16. The molecule has 1 unspecified atom stereocenters. The highest BCUT2D eigenvalue weighted by Crippen LogP contribution is 2.17. The van der Waals surface area contributed by atoms with Crippen LogP contribution >= 0.6 is 0 Å². The topological polar surface area (TPSA) is 26.0 Å². The molecule has 0 aliphatic carbocycles. The average Bonchev–Trinajstić information content (AvgIpc) is 2.50. The van der Waals surface area contributed by atoms with Crippen molar-refractivity contribution in [1.82, 2.24) is 0 Å². The predicted molar refractivity (Wildman–Crippen MR) is 88.7 cm³/mol. The summed E-state index contributed by atoms with van der Waals surface area (Å²) in [7, 11) is 0. The quantitative estimate of drug-likeness (QED) is 0.479. The van der Waals surface area contributed by atoms with Crippen molar-refractivity contribution in [3.05, 3.63) is 35.9 Å². The summed E-state index contributed by atoms with van der Waals surface area (Å²) in [5.74, 6) is 0. The van der Waals surface area contributed by atoms with Crippen molar-refractivity contribution < 1.29 is 0 Å². The molecule has 0 aliphatic rings. The van der Waals surface area contributed by atoms with Gasteiger partial charge in [-0.1, -0.05) is 95.4 Å². The van der Waals surface area contributed by atoms with Crippen LogP contribution in [0.3, 0.4) is 0 Å². The Morgan fingerprint density at radius 2 is 1.50 bits per heavy atom. The minimum Gasteiger partial charge on any atom is -0.324 e. The van der Waals surface area contributed by atoms with E-state index in [4.69, 9.17) is 5.73 Å². The van der Waals surface area contributed by atoms with Crippen LogP contribution in [-0.2, 0) is 0 Å². The zero-order valence-corrected chi connectivity index (χ0v) is 13.2. The molecule has 113 valence electrons. The molecule has 0 spiro atoms. The molecule has 1 heteroatoms. The van der Waals surface area contributed by atoms with Crippen LogP contribution in [0, 0.1) is 6.07 Å². The van der Waals surface area contributed by atoms with Gasteiger partial charge in [-0.2, -0.15) is 0 Å². The van der Waals surface area contributed by atoms with Gasteiger partial charge in [0.15, 0.2) is 0 Å². The Kier molecular flexibility index (Phi) is 10.3. The SMILES string of the molecule is CCCCCCCCCCCCC(N)c1[c]cccc1. The molecule has 0 amide bonds. The molecule has 1 rings (SSSR count). The van der Waals surface area contributed by atoms with E-state index in [0.717, 1.165) is 12.0 Å². The van der Waals surface area contributed by atoms with Crippen molar-refractivity contribution in [3.63, 3.8) is 0 Å². The third-order valence-electron chi connectivity index (χ3n) is 4.00. The second kappa shape index (κ2) is 12.0. The number of hydrogen-bond donors (Lipinski definition) is 1. The smallest absolute Gasteiger partial charge is 0.0301 e. The van der Waals surface area contributed by atoms with Crippen LogP contribution in [0.4, 0.5) is 0 Å². The van der Waals surface area contributed by atoms with Gasteiger partial charge >= 0.3 is 0 Å². The molecule has 0 saturated carbocycles. The van der Waals surface area contributed by atoms with Gasteiger partial charge in [0.1, 0.15) is 0 Å². The average molecular weight is 274 g/mol. The molecule has 1 aromatic rings. The predicted octanol–water partition coefficient (Wildman–Crippen LogP) is 5.80. The minimum atomic E-state index is 0.172. The summed E-state index contributed by atoms with van der Waals surface area (Å²) in [4.78, 5) is 0. The summed E-state index contributed by atoms with van der Waals surface area (Å²) in [6.07, 6.45) is 14.9. The summed E-state index contributed by atoms with van der Waals surface area (Å²) in [6, 6.07) is 11.5. The van der Waals surface area contributed by atoms with E-state index >= 15 is 0 Å². The van der Waals surface area contributed by atoms with E-state index in [9.17, 15) is 0 Å². The monoisotopic (exact) mass is 274 g/mol. The van der Waals surface area contributed by atoms with E-state index in [1.54, 1.807) is 0 Å². The summed E-state index contributed by atoms with van der Waals surface area (Å²) in [6.45, 7) is 2.28. The van der Waals surface area contributed by atoms with E-state index in [2.05, 4.69) is 19.1 Å². The number of rotatable bonds is 12. The summed E-state index contributed by atoms with van der Waals surface area (Å²) in [5, 5.41) is 0. The molecule has 1 aromatic carbocycles. The fourth-order valence-electron chi connectivity index (χ4n) is 2.65. The van der Waals surface area contributed by atoms with Gasteiger partial charge in [0.05, 0.1) is 0 Å². The first-order valence-electron chi connectivity index (χ1n) is 8.56. The molecule has 1 radical (unpaired) electrons. The Balaban J connectivity index is 1.90. The van der Waals surface area contributed by atoms with Crippen LogP contribution < -0.4 is 5.73 Å². The Bertz CT molecular complexity index is 307. The van der Waals surface area contributed by atoms with E-state index in [-0.39, 0.29) is 6.04 Å². The molecule has 1 atom stereocenters. The van der Waals surface area contributed by atoms with E-state index in [1.165, 1.54) is 64.2 Å². The van der Waals surface area contributed by atoms with Gasteiger partial charge in [-0.3, -0.25) is 0 Å². The first-order valence-corrected chi connectivity index (χ1v) is 8.56. The molecule has 2 N–H and O–H groups in total. The van der Waals surface area contributed by atoms with Crippen LogP contribution in [0.2, 0.25) is 0 Å². The van der Waals surface area contributed by atoms with Crippen molar-refractivity contribution >= 4 is 0 Å². The van der Waals surface area contributed by atoms with Gasteiger partial charge in [-0.15, -0.1) is 0 Å². The number of hydrogen-bond acceptors (Lipinski definition) is 1. The third-order valence-corrected chi connectivity index (χ3v) is 4.00. The number of benzene rings is 1. The van der Waals surface area contributed by atoms with Gasteiger partial charge in [0.25, 0.3) is 0 Å². The zero-order valence-electron chi connectivity index (χ0n) is 13.2. The van der Waals surface area contributed by atoms with Gasteiger partial charge in [0, 0.05) is 6.04 Å². The van der Waals surface area contributed by atoms with Crippen molar-refractivity contribution in [2.75, 3.05) is 0 Å². The highest BCUT2D eigenvalue weighted by atomic mass is 14.6. The summed E-state index contributed by atoms with van der Waals surface area (Å²) >= 11 is 0. The summed E-state index contributed by atoms with van der Waals surface area (Å²) in [5.41, 5.74) is 7.33. The van der Waals surface area contributed by atoms with Crippen LogP contribution in [0.5, 0.6) is 0 Å². The van der Waals surface area contributed by atoms with Crippen molar-refractivity contribution in [2.24, 2.45) is 5.73 Å². The Morgan fingerprint density at radius 1 is 0.900 bits per heavy atom. The van der Waals surface area contributed by atoms with E-state index < -0.39 is 0 Å². The van der Waals surface area contributed by atoms with Crippen molar-refractivity contribution in [2.45, 2.75) is 83.6 Å². The maximum absolute atomic E-state index is 6.17. The number of unbranched alkanes of at least 4 members (excludes halogenated alkanes) is 9. The van der Waals surface area contributed by atoms with Crippen molar-refractivity contribution in [3.8, 4) is 0 Å². The molecule has 1 nitrogen and oxygen atoms in total. The van der Waals surface area contributed by atoms with Gasteiger partial charge in [-0.05, 0) is 18.1 Å². The summed E-state index contributed by atoms with van der Waals surface area (Å²) < 4.78 is 0. The van der Waals surface area contributed by atoms with Crippen LogP contribution in [0.1, 0.15) is 89.2 Å². The maximum atomic E-state index is 6.17. The lowest BCUT2D eigenvalue weighted by Gasteiger charge is -2.11. The van der Waals surface area contributed by atoms with Crippen LogP contribution in [-0.4, -0.2) is 0 Å². The first-order chi connectivity index (χ1) is 9.84. The Morgan fingerprint density at radius 3 is 2.05 bits per heavy atom. The zero-order chi connectivity index (χ0) is 14.5. The molecule has 20 heavy (non-hydrogen) atoms. The molecular formula is C19H32N. The first kappa shape index (κ1) is 17.2. The standard InChI is InChI=1S/C19H32N/c1-2-3-4-5-6-7-8-9-10-14-17-19(20)18-15-12-11-13-16-18/h11-13,15,19H,2-10,14,17,20H2,1H3. The lowest BCUT2D eigenvalue weighted by molar-refractivity contribution is 0.529. The van der Waals surface area contributed by atoms with E-state index in [1.807, 2.05) is 18.2 Å². The van der Waals surface area contributed by atoms with Gasteiger partial charge in [0.2, 0.25) is 0 Å². The number of nitrogens with two attached hydrogens (primary N) is 1. The maximum Gasteiger partial charge on any atom is 0.0301 e.